The van der Waals surface area contributed by atoms with Crippen molar-refractivity contribution in [3.63, 3.8) is 0 Å². The van der Waals surface area contributed by atoms with E-state index in [-0.39, 0.29) is 12.5 Å². The average molecular weight is 749 g/mol. The number of nitrogens with one attached hydrogen (secondary N) is 2. The van der Waals surface area contributed by atoms with Gasteiger partial charge in [-0.25, -0.2) is 9.67 Å². The van der Waals surface area contributed by atoms with Crippen LogP contribution in [0.15, 0.2) is 77.8 Å². The molecule has 0 aliphatic carbocycles. The van der Waals surface area contributed by atoms with Crippen molar-refractivity contribution in [3.05, 3.63) is 99.7 Å². The summed E-state index contributed by atoms with van der Waals surface area (Å²) in [6.45, 7) is 9.38. The van der Waals surface area contributed by atoms with Crippen molar-refractivity contribution in [1.82, 2.24) is 29.9 Å². The van der Waals surface area contributed by atoms with Crippen molar-refractivity contribution in [2.75, 3.05) is 62.7 Å². The van der Waals surface area contributed by atoms with Crippen LogP contribution in [0.2, 0.25) is 0 Å². The van der Waals surface area contributed by atoms with Gasteiger partial charge in [0.1, 0.15) is 17.6 Å². The maximum Gasteiger partial charge on any atom is 0.443 e. The highest BCUT2D eigenvalue weighted by molar-refractivity contribution is 7.10. The minimum atomic E-state index is -4.72. The largest absolute Gasteiger partial charge is 0.443 e. The number of benzene rings is 2. The van der Waals surface area contributed by atoms with Gasteiger partial charge in [0.05, 0.1) is 31.1 Å². The van der Waals surface area contributed by atoms with Crippen LogP contribution in [0.5, 0.6) is 0 Å². The van der Waals surface area contributed by atoms with Crippen molar-refractivity contribution < 1.29 is 32.3 Å². The van der Waals surface area contributed by atoms with Gasteiger partial charge in [-0.05, 0) is 43.7 Å². The van der Waals surface area contributed by atoms with E-state index in [1.807, 2.05) is 43.3 Å². The Morgan fingerprint density at radius 1 is 1.06 bits per heavy atom. The third kappa shape index (κ3) is 7.49. The maximum absolute atomic E-state index is 14.4. The average Bonchev–Trinajstić information content (AvgIpc) is 3.81. The van der Waals surface area contributed by atoms with Gasteiger partial charge in [-0.15, -0.1) is 11.3 Å². The number of nitrogens with zero attached hydrogens (tertiary/aromatic N) is 6. The molecule has 53 heavy (non-hydrogen) atoms. The maximum atomic E-state index is 14.4. The van der Waals surface area contributed by atoms with Gasteiger partial charge in [-0.3, -0.25) is 29.1 Å². The second-order valence-electron chi connectivity index (χ2n) is 13.1. The van der Waals surface area contributed by atoms with Crippen molar-refractivity contribution >= 4 is 40.6 Å². The molecule has 2 atom stereocenters. The SMILES string of the molecule is C/C=C(\CN1CCN(C2COC2)CC1)C(=O)Nc1cccc([C@H]2c3cnn(-c4ccccc4)c3N(CC)C(=O)[C@@H]2NC(=O)c2csc(C(F)(F)F)n2)c1. The van der Waals surface area contributed by atoms with E-state index in [9.17, 15) is 27.6 Å². The number of hydrogen-bond donors (Lipinski definition) is 2. The van der Waals surface area contributed by atoms with Gasteiger partial charge in [0.25, 0.3) is 17.7 Å². The lowest BCUT2D eigenvalue weighted by molar-refractivity contribution is -0.137. The van der Waals surface area contributed by atoms with Crippen molar-refractivity contribution in [1.29, 1.82) is 0 Å². The molecule has 2 saturated heterocycles. The zero-order chi connectivity index (χ0) is 37.3. The van der Waals surface area contributed by atoms with Gasteiger partial charge >= 0.3 is 6.18 Å². The number of anilines is 2. The van der Waals surface area contributed by atoms with Gasteiger partial charge in [0.2, 0.25) is 0 Å². The number of para-hydroxylation sites is 1. The zero-order valence-electron chi connectivity index (χ0n) is 29.2. The van der Waals surface area contributed by atoms with Crippen LogP contribution in [-0.4, -0.2) is 107 Å². The van der Waals surface area contributed by atoms with E-state index in [0.29, 0.717) is 57.8 Å². The number of aromatic nitrogens is 3. The quantitative estimate of drug-likeness (QED) is 0.227. The van der Waals surface area contributed by atoms with E-state index in [1.54, 1.807) is 42.1 Å². The molecule has 4 aromatic rings. The summed E-state index contributed by atoms with van der Waals surface area (Å²) in [4.78, 5) is 51.1. The van der Waals surface area contributed by atoms with E-state index in [1.165, 1.54) is 4.90 Å². The minimum Gasteiger partial charge on any atom is -0.378 e. The smallest absolute Gasteiger partial charge is 0.378 e. The fraction of sp³-hybridized carbons (Fsp3) is 0.378. The Bertz CT molecular complexity index is 2000. The summed E-state index contributed by atoms with van der Waals surface area (Å²) in [5.74, 6) is -1.97. The molecule has 2 fully saturated rings. The molecule has 2 N–H and O–H groups in total. The monoisotopic (exact) mass is 748 g/mol. The number of alkyl halides is 3. The summed E-state index contributed by atoms with van der Waals surface area (Å²) in [5.41, 5.74) is 2.55. The minimum absolute atomic E-state index is 0.227. The molecule has 0 saturated carbocycles. The van der Waals surface area contributed by atoms with Crippen LogP contribution in [0, 0.1) is 0 Å². The van der Waals surface area contributed by atoms with Gasteiger partial charge in [-0.2, -0.15) is 18.3 Å². The summed E-state index contributed by atoms with van der Waals surface area (Å²) in [7, 11) is 0. The topological polar surface area (TPSA) is 125 Å². The molecule has 16 heteroatoms. The highest BCUT2D eigenvalue weighted by atomic mass is 32.1. The second-order valence-corrected chi connectivity index (χ2v) is 14.0. The van der Waals surface area contributed by atoms with E-state index >= 15 is 0 Å². The lowest BCUT2D eigenvalue weighted by atomic mass is 9.82. The third-order valence-corrected chi connectivity index (χ3v) is 10.8. The van der Waals surface area contributed by atoms with Crippen LogP contribution < -0.4 is 15.5 Å². The molecule has 12 nitrogen and oxygen atoms in total. The summed E-state index contributed by atoms with van der Waals surface area (Å²) in [6.07, 6.45) is -1.28. The molecule has 0 radical (unpaired) electrons. The van der Waals surface area contributed by atoms with Gasteiger partial charge < -0.3 is 15.4 Å². The van der Waals surface area contributed by atoms with E-state index in [0.717, 1.165) is 44.8 Å². The molecule has 0 bridgehead atoms. The molecular weight excluding hydrogens is 710 g/mol. The Balaban J connectivity index is 1.17. The Morgan fingerprint density at radius 2 is 1.81 bits per heavy atom. The standard InChI is InChI=1S/C37H39F3N8O4S/c1-3-23(19-45-13-15-46(16-14-45)27-20-52-21-27)32(49)42-25-10-8-9-24(17-25)30-28-18-41-48(26-11-6-5-7-12-26)34(28)47(4-2)35(51)31(30)44-33(50)29-22-53-36(43-29)37(38,39)40/h3,5-12,17-18,22,27,30-31H,4,13-16,19-21H2,1-2H3,(H,42,49)(H,44,50)/b23-3+/t30-,31+/m0/s1. The summed E-state index contributed by atoms with van der Waals surface area (Å²) >= 11 is 0.306. The lowest BCUT2D eigenvalue weighted by Gasteiger charge is -2.42. The van der Waals surface area contributed by atoms with Crippen molar-refractivity contribution in [3.8, 4) is 5.69 Å². The first kappa shape index (κ1) is 36.5. The van der Waals surface area contributed by atoms with Crippen LogP contribution in [0.4, 0.5) is 24.7 Å². The second kappa shape index (κ2) is 15.2. The number of ether oxygens (including phenoxy) is 1. The lowest BCUT2D eigenvalue weighted by Crippen LogP contribution is -2.56. The third-order valence-electron chi connectivity index (χ3n) is 9.89. The number of carbonyl (C=O) groups excluding carboxylic acids is 3. The number of halogens is 3. The first-order valence-electron chi connectivity index (χ1n) is 17.4. The normalized spacial score (nSPS) is 20.2. The number of fused-ring (bicyclic) bond motifs is 1. The highest BCUT2D eigenvalue weighted by Gasteiger charge is 2.45. The van der Waals surface area contributed by atoms with Crippen LogP contribution in [0.25, 0.3) is 5.69 Å². The van der Waals surface area contributed by atoms with Crippen LogP contribution in [0.1, 0.15) is 46.4 Å². The van der Waals surface area contributed by atoms with Crippen molar-refractivity contribution in [2.45, 2.75) is 38.0 Å². The molecule has 0 spiro atoms. The Hall–Kier alpha value is -4.90. The zero-order valence-corrected chi connectivity index (χ0v) is 30.0. The van der Waals surface area contributed by atoms with Gasteiger partial charge in [-0.1, -0.05) is 36.4 Å². The predicted octanol–water partition coefficient (Wildman–Crippen LogP) is 4.55. The molecule has 3 aliphatic rings. The fourth-order valence-corrected chi connectivity index (χ4v) is 7.69. The fourth-order valence-electron chi connectivity index (χ4n) is 7.02. The Labute approximate surface area is 308 Å². The number of thiazole rings is 1. The Morgan fingerprint density at radius 3 is 2.45 bits per heavy atom. The van der Waals surface area contributed by atoms with Crippen molar-refractivity contribution in [2.24, 2.45) is 0 Å². The number of hydrogen-bond acceptors (Lipinski definition) is 9. The van der Waals surface area contributed by atoms with Crippen LogP contribution in [-0.2, 0) is 20.5 Å². The van der Waals surface area contributed by atoms with Gasteiger partial charge in [0, 0.05) is 67.4 Å². The summed E-state index contributed by atoms with van der Waals surface area (Å²) in [5, 5.41) is 10.2. The molecule has 5 heterocycles. The first-order valence-corrected chi connectivity index (χ1v) is 18.3. The molecule has 278 valence electrons. The number of likely N-dealkylation sites (N-methyl/N-ethyl adjacent to an activating group) is 1. The van der Waals surface area contributed by atoms with E-state index < -0.39 is 40.7 Å². The first-order chi connectivity index (χ1) is 25.5. The highest BCUT2D eigenvalue weighted by Crippen LogP contribution is 2.42. The van der Waals surface area contributed by atoms with Gasteiger partial charge in [0.15, 0.2) is 5.01 Å². The van der Waals surface area contributed by atoms with Crippen LogP contribution in [0.3, 0.4) is 0 Å². The van der Waals surface area contributed by atoms with E-state index in [2.05, 4.69) is 30.5 Å². The predicted molar refractivity (Wildman–Crippen MR) is 193 cm³/mol. The molecular formula is C37H39F3N8O4S. The van der Waals surface area contributed by atoms with Crippen LogP contribution >= 0.6 is 11.3 Å². The number of carbonyl (C=O) groups is 3. The molecule has 0 unspecified atom stereocenters. The summed E-state index contributed by atoms with van der Waals surface area (Å²) < 4.78 is 47.0. The molecule has 3 aliphatic heterocycles. The molecule has 7 rings (SSSR count). The van der Waals surface area contributed by atoms with E-state index in [4.69, 9.17) is 4.74 Å². The number of allylic oxidation sites excluding steroid dienone is 1. The number of amides is 3. The summed E-state index contributed by atoms with van der Waals surface area (Å²) in [6, 6.07) is 15.5. The molecule has 2 aromatic carbocycles. The number of rotatable bonds is 10. The Kier molecular flexibility index (Phi) is 10.5. The number of piperazine rings is 1. The molecule has 2 aromatic heterocycles. The molecule has 3 amide bonds.